The molecule has 0 amide bonds. The standard InChI is InChI=1S/C18H27N5/c1-13-7-6-8-14(2)17(13)22-18-20-12-10-16(21-18)19-11-9-15(3)23(4)5/h6-8,10,12,15H,9,11H2,1-5H3,(H2,19,20,21,22). The predicted octanol–water partition coefficient (Wildman–Crippen LogP) is 3.59. The Bertz CT molecular complexity index is 619. The van der Waals surface area contributed by atoms with Crippen LogP contribution in [0.2, 0.25) is 0 Å². The minimum absolute atomic E-state index is 0.538. The van der Waals surface area contributed by atoms with Crippen LogP contribution < -0.4 is 10.6 Å². The molecule has 1 atom stereocenters. The number of hydrogen-bond acceptors (Lipinski definition) is 5. The number of nitrogens with one attached hydrogen (secondary N) is 2. The van der Waals surface area contributed by atoms with Crippen molar-refractivity contribution in [3.05, 3.63) is 41.6 Å². The van der Waals surface area contributed by atoms with Crippen molar-refractivity contribution in [1.29, 1.82) is 0 Å². The quantitative estimate of drug-likeness (QED) is 0.818. The van der Waals surface area contributed by atoms with Crippen molar-refractivity contribution in [2.24, 2.45) is 0 Å². The fourth-order valence-corrected chi connectivity index (χ4v) is 2.31. The van der Waals surface area contributed by atoms with E-state index in [0.717, 1.165) is 24.5 Å². The average molecular weight is 313 g/mol. The van der Waals surface area contributed by atoms with E-state index >= 15 is 0 Å². The van der Waals surface area contributed by atoms with Gasteiger partial charge >= 0.3 is 0 Å². The topological polar surface area (TPSA) is 53.1 Å². The maximum atomic E-state index is 4.55. The third-order valence-corrected chi connectivity index (χ3v) is 4.12. The second-order valence-corrected chi connectivity index (χ2v) is 6.19. The molecule has 1 unspecified atom stereocenters. The van der Waals surface area contributed by atoms with E-state index in [1.165, 1.54) is 11.1 Å². The Balaban J connectivity index is 2.00. The Morgan fingerprint density at radius 1 is 1.13 bits per heavy atom. The van der Waals surface area contributed by atoms with Crippen LogP contribution in [0.25, 0.3) is 0 Å². The summed E-state index contributed by atoms with van der Waals surface area (Å²) in [6.45, 7) is 7.27. The van der Waals surface area contributed by atoms with Gasteiger partial charge in [0.25, 0.3) is 0 Å². The van der Waals surface area contributed by atoms with Gasteiger partial charge in [-0.15, -0.1) is 0 Å². The SMILES string of the molecule is Cc1cccc(C)c1Nc1nccc(NCCC(C)N(C)C)n1. The summed E-state index contributed by atoms with van der Waals surface area (Å²) in [6.07, 6.45) is 2.84. The Kier molecular flexibility index (Phi) is 5.93. The number of nitrogens with zero attached hydrogens (tertiary/aromatic N) is 3. The first kappa shape index (κ1) is 17.2. The molecule has 0 aliphatic rings. The van der Waals surface area contributed by atoms with E-state index in [0.29, 0.717) is 12.0 Å². The van der Waals surface area contributed by atoms with E-state index in [9.17, 15) is 0 Å². The second-order valence-electron chi connectivity index (χ2n) is 6.19. The number of aryl methyl sites for hydroxylation is 2. The minimum atomic E-state index is 0.538. The molecule has 0 bridgehead atoms. The number of anilines is 3. The molecule has 0 aliphatic heterocycles. The summed E-state index contributed by atoms with van der Waals surface area (Å²) in [5, 5.41) is 6.70. The van der Waals surface area contributed by atoms with Crippen LogP contribution in [-0.4, -0.2) is 41.5 Å². The van der Waals surface area contributed by atoms with Gasteiger partial charge in [-0.2, -0.15) is 4.98 Å². The lowest BCUT2D eigenvalue weighted by atomic mass is 10.1. The largest absolute Gasteiger partial charge is 0.370 e. The Morgan fingerprint density at radius 2 is 1.83 bits per heavy atom. The smallest absolute Gasteiger partial charge is 0.229 e. The molecule has 0 radical (unpaired) electrons. The molecule has 2 N–H and O–H groups in total. The summed E-state index contributed by atoms with van der Waals surface area (Å²) in [7, 11) is 4.20. The van der Waals surface area contributed by atoms with Gasteiger partial charge in [-0.1, -0.05) is 18.2 Å². The molecule has 124 valence electrons. The first-order valence-corrected chi connectivity index (χ1v) is 8.04. The second kappa shape index (κ2) is 7.92. The average Bonchev–Trinajstić information content (AvgIpc) is 2.51. The fourth-order valence-electron chi connectivity index (χ4n) is 2.31. The third kappa shape index (κ3) is 4.93. The van der Waals surface area contributed by atoms with Crippen molar-refractivity contribution in [3.63, 3.8) is 0 Å². The lowest BCUT2D eigenvalue weighted by Crippen LogP contribution is -2.26. The van der Waals surface area contributed by atoms with Crippen molar-refractivity contribution in [3.8, 4) is 0 Å². The Labute approximate surface area is 139 Å². The maximum Gasteiger partial charge on any atom is 0.229 e. The Morgan fingerprint density at radius 3 is 2.48 bits per heavy atom. The van der Waals surface area contributed by atoms with E-state index in [2.05, 4.69) is 78.6 Å². The van der Waals surface area contributed by atoms with Crippen LogP contribution in [0.1, 0.15) is 24.5 Å². The molecule has 0 aliphatic carbocycles. The van der Waals surface area contributed by atoms with Gasteiger partial charge in [0, 0.05) is 24.5 Å². The van der Waals surface area contributed by atoms with Crippen molar-refractivity contribution >= 4 is 17.5 Å². The molecule has 23 heavy (non-hydrogen) atoms. The molecular formula is C18H27N5. The van der Waals surface area contributed by atoms with Crippen LogP contribution in [-0.2, 0) is 0 Å². The normalized spacial score (nSPS) is 12.3. The number of aromatic nitrogens is 2. The minimum Gasteiger partial charge on any atom is -0.370 e. The van der Waals surface area contributed by atoms with Gasteiger partial charge < -0.3 is 15.5 Å². The summed E-state index contributed by atoms with van der Waals surface area (Å²) < 4.78 is 0. The number of rotatable bonds is 7. The number of para-hydroxylation sites is 1. The molecule has 1 aromatic heterocycles. The van der Waals surface area contributed by atoms with E-state index in [1.54, 1.807) is 6.20 Å². The number of hydrogen-bond donors (Lipinski definition) is 2. The van der Waals surface area contributed by atoms with Crippen molar-refractivity contribution in [2.75, 3.05) is 31.3 Å². The highest BCUT2D eigenvalue weighted by molar-refractivity contribution is 5.63. The van der Waals surface area contributed by atoms with Gasteiger partial charge in [-0.25, -0.2) is 4.98 Å². The fraction of sp³-hybridized carbons (Fsp3) is 0.444. The van der Waals surface area contributed by atoms with Crippen LogP contribution in [0.3, 0.4) is 0 Å². The lowest BCUT2D eigenvalue weighted by Gasteiger charge is -2.19. The molecule has 0 saturated carbocycles. The van der Waals surface area contributed by atoms with Crippen LogP contribution in [0.4, 0.5) is 17.5 Å². The van der Waals surface area contributed by atoms with E-state index in [-0.39, 0.29) is 0 Å². The zero-order valence-electron chi connectivity index (χ0n) is 14.7. The van der Waals surface area contributed by atoms with Gasteiger partial charge in [-0.05, 0) is 58.5 Å². The van der Waals surface area contributed by atoms with E-state index < -0.39 is 0 Å². The van der Waals surface area contributed by atoms with Gasteiger partial charge in [0.1, 0.15) is 5.82 Å². The zero-order valence-corrected chi connectivity index (χ0v) is 14.7. The summed E-state index contributed by atoms with van der Waals surface area (Å²) in [5.74, 6) is 1.47. The molecule has 1 aromatic carbocycles. The van der Waals surface area contributed by atoms with Gasteiger partial charge in [0.05, 0.1) is 0 Å². The van der Waals surface area contributed by atoms with Gasteiger partial charge in [-0.3, -0.25) is 0 Å². The van der Waals surface area contributed by atoms with E-state index in [1.807, 2.05) is 6.07 Å². The first-order valence-electron chi connectivity index (χ1n) is 8.04. The van der Waals surface area contributed by atoms with Crippen molar-refractivity contribution in [1.82, 2.24) is 14.9 Å². The van der Waals surface area contributed by atoms with Gasteiger partial charge in [0.15, 0.2) is 0 Å². The van der Waals surface area contributed by atoms with Crippen LogP contribution in [0.5, 0.6) is 0 Å². The number of benzene rings is 1. The first-order chi connectivity index (χ1) is 11.0. The molecule has 5 heteroatoms. The predicted molar refractivity (Wildman–Crippen MR) is 97.5 cm³/mol. The molecule has 5 nitrogen and oxygen atoms in total. The highest BCUT2D eigenvalue weighted by Crippen LogP contribution is 2.22. The molecule has 0 spiro atoms. The van der Waals surface area contributed by atoms with Crippen LogP contribution in [0.15, 0.2) is 30.5 Å². The highest BCUT2D eigenvalue weighted by atomic mass is 15.1. The molecule has 2 aromatic rings. The van der Waals surface area contributed by atoms with Crippen molar-refractivity contribution in [2.45, 2.75) is 33.2 Å². The van der Waals surface area contributed by atoms with Crippen molar-refractivity contribution < 1.29 is 0 Å². The zero-order chi connectivity index (χ0) is 16.8. The summed E-state index contributed by atoms with van der Waals surface area (Å²) in [4.78, 5) is 11.1. The molecule has 0 fully saturated rings. The summed E-state index contributed by atoms with van der Waals surface area (Å²) in [5.41, 5.74) is 3.45. The third-order valence-electron chi connectivity index (χ3n) is 4.12. The van der Waals surface area contributed by atoms with Crippen LogP contribution >= 0.6 is 0 Å². The van der Waals surface area contributed by atoms with E-state index in [4.69, 9.17) is 0 Å². The maximum absolute atomic E-state index is 4.55. The summed E-state index contributed by atoms with van der Waals surface area (Å²) in [6, 6.07) is 8.66. The molecule has 1 heterocycles. The van der Waals surface area contributed by atoms with Crippen LogP contribution in [0, 0.1) is 13.8 Å². The molecular weight excluding hydrogens is 286 g/mol. The lowest BCUT2D eigenvalue weighted by molar-refractivity contribution is 0.304. The summed E-state index contributed by atoms with van der Waals surface area (Å²) >= 11 is 0. The van der Waals surface area contributed by atoms with Gasteiger partial charge in [0.2, 0.25) is 5.95 Å². The highest BCUT2D eigenvalue weighted by Gasteiger charge is 2.06. The molecule has 2 rings (SSSR count). The monoisotopic (exact) mass is 313 g/mol. The molecule has 0 saturated heterocycles. The Hall–Kier alpha value is -2.14.